The summed E-state index contributed by atoms with van der Waals surface area (Å²) in [5.41, 5.74) is 3.70. The fraction of sp³-hybridized carbons (Fsp3) is 0.154. The van der Waals surface area contributed by atoms with Gasteiger partial charge in [0.2, 0.25) is 11.1 Å². The Balaban J connectivity index is 0.000000227. The smallest absolute Gasteiger partial charge is 0.803 e. The minimum absolute atomic E-state index is 0. The van der Waals surface area contributed by atoms with Gasteiger partial charge in [-0.25, -0.2) is 0 Å². The van der Waals surface area contributed by atoms with Gasteiger partial charge in [-0.05, 0) is 48.2 Å². The summed E-state index contributed by atoms with van der Waals surface area (Å²) in [6.07, 6.45) is 0.975. The maximum absolute atomic E-state index is 11.5. The molecule has 2 heterocycles. The van der Waals surface area contributed by atoms with Gasteiger partial charge in [-0.1, -0.05) is 60.7 Å². The van der Waals surface area contributed by atoms with Crippen molar-refractivity contribution in [2.75, 3.05) is 0 Å². The third kappa shape index (κ3) is 7.29. The molecule has 2 aromatic heterocycles. The Kier molecular flexibility index (Phi) is 9.37. The van der Waals surface area contributed by atoms with Gasteiger partial charge in [0.15, 0.2) is 0 Å². The molecule has 0 aliphatic rings. The van der Waals surface area contributed by atoms with E-state index in [-0.39, 0.29) is 19.5 Å². The molecule has 33 heavy (non-hydrogen) atoms. The Morgan fingerprint density at radius 2 is 0.939 bits per heavy atom. The van der Waals surface area contributed by atoms with Gasteiger partial charge in [0.1, 0.15) is 0 Å². The summed E-state index contributed by atoms with van der Waals surface area (Å²) in [6.45, 7) is 3.63. The quantitative estimate of drug-likeness (QED) is 0.399. The van der Waals surface area contributed by atoms with Crippen molar-refractivity contribution in [1.82, 2.24) is 9.46 Å². The zero-order chi connectivity index (χ0) is 23.1. The summed E-state index contributed by atoms with van der Waals surface area (Å²) >= 11 is 0. The maximum Gasteiger partial charge on any atom is 2.00 e. The first-order valence-corrected chi connectivity index (χ1v) is 10.2. The van der Waals surface area contributed by atoms with Crippen molar-refractivity contribution in [2.45, 2.75) is 26.7 Å². The van der Waals surface area contributed by atoms with Crippen LogP contribution < -0.4 is 11.1 Å². The largest absolute Gasteiger partial charge is 2.00 e. The minimum atomic E-state index is -0.495. The number of hydrogen-bond donors (Lipinski definition) is 0. The normalized spacial score (nSPS) is 10.0. The van der Waals surface area contributed by atoms with E-state index in [0.29, 0.717) is 33.7 Å². The SMILES string of the molecule is Cc1cc(Cc2ccccc2)n([O-])c(=O)c1.Cc1cc(Cc2ccccc2)n([O-])c(=O)c1.[Zn+2]. The Morgan fingerprint density at radius 3 is 1.27 bits per heavy atom. The number of aromatic nitrogens is 2. The molecule has 4 rings (SSSR count). The topological polar surface area (TPSA) is 90.1 Å². The van der Waals surface area contributed by atoms with Crippen LogP contribution in [0.25, 0.3) is 0 Å². The second-order valence-electron chi connectivity index (χ2n) is 7.64. The average molecular weight is 494 g/mol. The van der Waals surface area contributed by atoms with Crippen LogP contribution in [-0.2, 0) is 32.3 Å². The third-order valence-electron chi connectivity index (χ3n) is 4.87. The van der Waals surface area contributed by atoms with Crippen LogP contribution in [0, 0.1) is 24.3 Å². The van der Waals surface area contributed by atoms with E-state index in [1.165, 1.54) is 12.1 Å². The molecule has 0 saturated heterocycles. The van der Waals surface area contributed by atoms with E-state index in [9.17, 15) is 20.0 Å². The van der Waals surface area contributed by atoms with E-state index in [1.807, 2.05) is 74.5 Å². The number of pyridine rings is 2. The monoisotopic (exact) mass is 492 g/mol. The van der Waals surface area contributed by atoms with E-state index in [1.54, 1.807) is 12.1 Å². The molecule has 0 N–H and O–H groups in total. The summed E-state index contributed by atoms with van der Waals surface area (Å²) in [4.78, 5) is 22.6. The molecule has 4 aromatic rings. The predicted molar refractivity (Wildman–Crippen MR) is 127 cm³/mol. The Labute approximate surface area is 205 Å². The molecule has 2 aromatic carbocycles. The molecule has 0 fully saturated rings. The molecule has 0 radical (unpaired) electrons. The minimum Gasteiger partial charge on any atom is -0.803 e. The van der Waals surface area contributed by atoms with Gasteiger partial charge in [-0.3, -0.25) is 9.59 Å². The van der Waals surface area contributed by atoms with Gasteiger partial charge < -0.3 is 19.9 Å². The van der Waals surface area contributed by atoms with Gasteiger partial charge in [0.25, 0.3) is 0 Å². The summed E-state index contributed by atoms with van der Waals surface area (Å²) in [5.74, 6) is 0. The Morgan fingerprint density at radius 1 is 0.606 bits per heavy atom. The van der Waals surface area contributed by atoms with Crippen molar-refractivity contribution in [2.24, 2.45) is 0 Å². The second kappa shape index (κ2) is 12.0. The summed E-state index contributed by atoms with van der Waals surface area (Å²) < 4.78 is 0.917. The van der Waals surface area contributed by atoms with Crippen LogP contribution in [-0.4, -0.2) is 9.46 Å². The van der Waals surface area contributed by atoms with Crippen LogP contribution >= 0.6 is 0 Å². The zero-order valence-corrected chi connectivity index (χ0v) is 21.7. The molecule has 164 valence electrons. The first kappa shape index (κ1) is 25.8. The number of rotatable bonds is 4. The van der Waals surface area contributed by atoms with Crippen molar-refractivity contribution in [1.29, 1.82) is 0 Å². The molecule has 0 unspecified atom stereocenters. The molecule has 7 heteroatoms. The summed E-state index contributed by atoms with van der Waals surface area (Å²) in [6, 6.07) is 25.5. The Bertz CT molecular complexity index is 1200. The van der Waals surface area contributed by atoms with Crippen molar-refractivity contribution in [3.63, 3.8) is 0 Å². The maximum atomic E-state index is 11.5. The van der Waals surface area contributed by atoms with Crippen molar-refractivity contribution in [3.05, 3.63) is 150 Å². The molecule has 0 bridgehead atoms. The number of benzene rings is 2. The van der Waals surface area contributed by atoms with Crippen LogP contribution in [0.1, 0.15) is 33.6 Å². The number of hydrogen-bond acceptors (Lipinski definition) is 4. The van der Waals surface area contributed by atoms with Crippen molar-refractivity contribution in [3.8, 4) is 0 Å². The molecule has 0 amide bonds. The summed E-state index contributed by atoms with van der Waals surface area (Å²) in [5, 5.41) is 23.1. The fourth-order valence-electron chi connectivity index (χ4n) is 3.37. The number of nitrogens with zero attached hydrogens (tertiary/aromatic N) is 2. The molecule has 6 nitrogen and oxygen atoms in total. The van der Waals surface area contributed by atoms with Gasteiger partial charge in [0, 0.05) is 36.4 Å². The van der Waals surface area contributed by atoms with Crippen LogP contribution in [0.15, 0.2) is 94.5 Å². The summed E-state index contributed by atoms with van der Waals surface area (Å²) in [7, 11) is 0. The van der Waals surface area contributed by atoms with Crippen LogP contribution in [0.4, 0.5) is 0 Å². The molecule has 0 atom stereocenters. The van der Waals surface area contributed by atoms with E-state index in [4.69, 9.17) is 0 Å². The molecular weight excluding hydrogens is 470 g/mol. The van der Waals surface area contributed by atoms with Gasteiger partial charge >= 0.3 is 19.5 Å². The standard InChI is InChI=1S/2C13H12NO2.Zn/c2*1-10-7-12(14(16)13(15)8-10)9-11-5-3-2-4-6-11;/h2*2-8H,9H2,1H3;/q2*-1;+2. The van der Waals surface area contributed by atoms with E-state index in [0.717, 1.165) is 22.3 Å². The van der Waals surface area contributed by atoms with E-state index < -0.39 is 11.1 Å². The predicted octanol–water partition coefficient (Wildman–Crippen LogP) is 4.18. The first-order chi connectivity index (χ1) is 15.3. The third-order valence-corrected chi connectivity index (χ3v) is 4.87. The molecule has 0 spiro atoms. The van der Waals surface area contributed by atoms with Gasteiger partial charge in [0.05, 0.1) is 0 Å². The van der Waals surface area contributed by atoms with Crippen LogP contribution in [0.2, 0.25) is 0 Å². The van der Waals surface area contributed by atoms with E-state index in [2.05, 4.69) is 0 Å². The van der Waals surface area contributed by atoms with Crippen molar-refractivity contribution >= 4 is 0 Å². The Hall–Kier alpha value is -3.44. The zero-order valence-electron chi connectivity index (χ0n) is 18.7. The van der Waals surface area contributed by atoms with E-state index >= 15 is 0 Å². The number of aryl methyl sites for hydroxylation is 2. The van der Waals surface area contributed by atoms with Crippen molar-refractivity contribution < 1.29 is 19.5 Å². The van der Waals surface area contributed by atoms with Crippen LogP contribution in [0.3, 0.4) is 0 Å². The van der Waals surface area contributed by atoms with Gasteiger partial charge in [-0.15, -0.1) is 0 Å². The molecule has 0 aliphatic carbocycles. The first-order valence-electron chi connectivity index (χ1n) is 10.2. The fourth-order valence-corrected chi connectivity index (χ4v) is 3.37. The average Bonchev–Trinajstić information content (AvgIpc) is 2.77. The molecular formula is C26H24N2O4Zn. The molecule has 0 saturated carbocycles. The molecule has 0 aliphatic heterocycles. The van der Waals surface area contributed by atoms with Crippen LogP contribution in [0.5, 0.6) is 0 Å². The van der Waals surface area contributed by atoms with Gasteiger partial charge in [-0.2, -0.15) is 0 Å². The second-order valence-corrected chi connectivity index (χ2v) is 7.64.